The van der Waals surface area contributed by atoms with Crippen LogP contribution in [0, 0.1) is 0 Å². The molecule has 5 rings (SSSR count). The van der Waals surface area contributed by atoms with E-state index in [1.807, 2.05) is 12.1 Å². The van der Waals surface area contributed by atoms with Gasteiger partial charge in [-0.15, -0.1) is 0 Å². The monoisotopic (exact) mass is 376 g/mol. The summed E-state index contributed by atoms with van der Waals surface area (Å²) in [5.41, 5.74) is 3.38. The minimum Gasteiger partial charge on any atom is -0.376 e. The normalized spacial score (nSPS) is 17.1. The molecular formula is C23H21ClN2O. The second kappa shape index (κ2) is 6.99. The highest BCUT2D eigenvalue weighted by Crippen LogP contribution is 2.27. The Balaban J connectivity index is 1.60. The van der Waals surface area contributed by atoms with E-state index in [0.29, 0.717) is 0 Å². The van der Waals surface area contributed by atoms with Gasteiger partial charge in [0.05, 0.1) is 23.7 Å². The van der Waals surface area contributed by atoms with Gasteiger partial charge in [-0.25, -0.2) is 4.98 Å². The van der Waals surface area contributed by atoms with Crippen molar-refractivity contribution in [2.45, 2.75) is 31.9 Å². The molecule has 4 heteroatoms. The quantitative estimate of drug-likeness (QED) is 0.462. The predicted octanol–water partition coefficient (Wildman–Crippen LogP) is 5.61. The molecule has 1 aliphatic rings. The molecule has 0 aliphatic carbocycles. The lowest BCUT2D eigenvalue weighted by Gasteiger charge is -2.15. The average Bonchev–Trinajstić information content (AvgIpc) is 3.31. The average molecular weight is 377 g/mol. The first-order valence-electron chi connectivity index (χ1n) is 9.51. The number of nitrogens with zero attached hydrogens (tertiary/aromatic N) is 2. The van der Waals surface area contributed by atoms with Gasteiger partial charge in [-0.3, -0.25) is 0 Å². The second-order valence-electron chi connectivity index (χ2n) is 7.22. The Labute approximate surface area is 163 Å². The molecule has 27 heavy (non-hydrogen) atoms. The lowest BCUT2D eigenvalue weighted by Crippen LogP contribution is -2.17. The maximum atomic E-state index is 6.21. The van der Waals surface area contributed by atoms with Crippen molar-refractivity contribution >= 4 is 33.4 Å². The Kier molecular flexibility index (Phi) is 4.35. The number of aromatic nitrogens is 2. The topological polar surface area (TPSA) is 27.1 Å². The van der Waals surface area contributed by atoms with Crippen LogP contribution in [0.15, 0.2) is 60.7 Å². The van der Waals surface area contributed by atoms with Gasteiger partial charge in [0.2, 0.25) is 0 Å². The maximum Gasteiger partial charge on any atom is 0.114 e. The summed E-state index contributed by atoms with van der Waals surface area (Å²) in [4.78, 5) is 4.94. The number of hydrogen-bond donors (Lipinski definition) is 0. The van der Waals surface area contributed by atoms with Gasteiger partial charge in [-0.1, -0.05) is 54.1 Å². The third-order valence-corrected chi connectivity index (χ3v) is 5.66. The van der Waals surface area contributed by atoms with E-state index in [1.165, 1.54) is 16.3 Å². The molecule has 0 bridgehead atoms. The predicted molar refractivity (Wildman–Crippen MR) is 110 cm³/mol. The molecule has 0 spiro atoms. The van der Waals surface area contributed by atoms with Crippen molar-refractivity contribution in [3.05, 3.63) is 77.1 Å². The fourth-order valence-electron chi connectivity index (χ4n) is 4.10. The number of halogens is 1. The zero-order valence-corrected chi connectivity index (χ0v) is 15.8. The zero-order valence-electron chi connectivity index (χ0n) is 15.1. The van der Waals surface area contributed by atoms with Crippen molar-refractivity contribution < 1.29 is 4.74 Å². The number of ether oxygens (including phenoxy) is 1. The van der Waals surface area contributed by atoms with E-state index in [4.69, 9.17) is 21.3 Å². The van der Waals surface area contributed by atoms with Crippen LogP contribution in [0.2, 0.25) is 5.02 Å². The van der Waals surface area contributed by atoms with Crippen LogP contribution in [0.25, 0.3) is 21.8 Å². The fraction of sp³-hybridized carbons (Fsp3) is 0.261. The second-order valence-corrected chi connectivity index (χ2v) is 7.66. The molecule has 1 atom stereocenters. The number of hydrogen-bond acceptors (Lipinski definition) is 2. The van der Waals surface area contributed by atoms with E-state index in [0.717, 1.165) is 54.3 Å². The number of imidazole rings is 1. The molecule has 0 N–H and O–H groups in total. The third kappa shape index (κ3) is 3.22. The van der Waals surface area contributed by atoms with E-state index in [2.05, 4.69) is 53.1 Å². The van der Waals surface area contributed by atoms with Gasteiger partial charge >= 0.3 is 0 Å². The zero-order chi connectivity index (χ0) is 18.2. The van der Waals surface area contributed by atoms with Crippen LogP contribution in [0.4, 0.5) is 0 Å². The maximum absolute atomic E-state index is 6.21. The van der Waals surface area contributed by atoms with Gasteiger partial charge in [-0.05, 0) is 47.4 Å². The van der Waals surface area contributed by atoms with Crippen LogP contribution in [0.3, 0.4) is 0 Å². The highest BCUT2D eigenvalue weighted by atomic mass is 35.5. The highest BCUT2D eigenvalue weighted by molar-refractivity contribution is 6.31. The van der Waals surface area contributed by atoms with Crippen LogP contribution < -0.4 is 0 Å². The minimum atomic E-state index is 0.268. The summed E-state index contributed by atoms with van der Waals surface area (Å²) in [5.74, 6) is 1.07. The van der Waals surface area contributed by atoms with Crippen LogP contribution in [-0.4, -0.2) is 22.3 Å². The smallest absolute Gasteiger partial charge is 0.114 e. The van der Waals surface area contributed by atoms with Crippen LogP contribution >= 0.6 is 11.6 Å². The first-order chi connectivity index (χ1) is 13.3. The van der Waals surface area contributed by atoms with E-state index in [1.54, 1.807) is 0 Å². The molecule has 1 aliphatic heterocycles. The Morgan fingerprint density at radius 1 is 1.07 bits per heavy atom. The lowest BCUT2D eigenvalue weighted by molar-refractivity contribution is 0.0973. The van der Waals surface area contributed by atoms with Crippen molar-refractivity contribution in [2.75, 3.05) is 6.61 Å². The van der Waals surface area contributed by atoms with Crippen molar-refractivity contribution in [3.63, 3.8) is 0 Å². The van der Waals surface area contributed by atoms with Crippen LogP contribution in [-0.2, 0) is 17.7 Å². The SMILES string of the molecule is Clc1ccc2c(c1)nc(Cc1cccc3ccccc13)n2CC1CCCO1. The van der Waals surface area contributed by atoms with E-state index in [9.17, 15) is 0 Å². The summed E-state index contributed by atoms with van der Waals surface area (Å²) in [5, 5.41) is 3.27. The molecule has 2 heterocycles. The molecule has 0 saturated carbocycles. The molecule has 1 aromatic heterocycles. The van der Waals surface area contributed by atoms with E-state index in [-0.39, 0.29) is 6.10 Å². The Hall–Kier alpha value is -2.36. The minimum absolute atomic E-state index is 0.268. The van der Waals surface area contributed by atoms with Crippen LogP contribution in [0.5, 0.6) is 0 Å². The molecule has 3 nitrogen and oxygen atoms in total. The first-order valence-corrected chi connectivity index (χ1v) is 9.88. The molecule has 1 unspecified atom stereocenters. The molecule has 0 amide bonds. The summed E-state index contributed by atoms with van der Waals surface area (Å²) in [6.45, 7) is 1.71. The van der Waals surface area contributed by atoms with Gasteiger partial charge in [0.15, 0.2) is 0 Å². The van der Waals surface area contributed by atoms with Gasteiger partial charge in [0.1, 0.15) is 5.82 Å². The molecular weight excluding hydrogens is 356 g/mol. The Morgan fingerprint density at radius 2 is 1.96 bits per heavy atom. The summed E-state index contributed by atoms with van der Waals surface area (Å²) in [6.07, 6.45) is 3.31. The van der Waals surface area contributed by atoms with Crippen molar-refractivity contribution in [1.82, 2.24) is 9.55 Å². The van der Waals surface area contributed by atoms with Crippen molar-refractivity contribution in [1.29, 1.82) is 0 Å². The van der Waals surface area contributed by atoms with Crippen LogP contribution in [0.1, 0.15) is 24.2 Å². The van der Waals surface area contributed by atoms with Gasteiger partial charge in [0.25, 0.3) is 0 Å². The lowest BCUT2D eigenvalue weighted by atomic mass is 10.0. The fourth-order valence-corrected chi connectivity index (χ4v) is 4.27. The van der Waals surface area contributed by atoms with Gasteiger partial charge in [0, 0.05) is 18.1 Å². The largest absolute Gasteiger partial charge is 0.376 e. The molecule has 4 aromatic rings. The first kappa shape index (κ1) is 16.8. The Bertz CT molecular complexity index is 1110. The number of fused-ring (bicyclic) bond motifs is 2. The molecule has 3 aromatic carbocycles. The standard InChI is InChI=1S/C23H21ClN2O/c24-18-10-11-22-21(14-18)25-23(26(22)15-19-8-4-12-27-19)13-17-7-3-6-16-5-1-2-9-20(16)17/h1-3,5-7,9-11,14,19H,4,8,12-13,15H2. The molecule has 0 radical (unpaired) electrons. The highest BCUT2D eigenvalue weighted by Gasteiger charge is 2.20. The number of rotatable bonds is 4. The molecule has 1 fully saturated rings. The number of benzene rings is 3. The summed E-state index contributed by atoms with van der Waals surface area (Å²) >= 11 is 6.21. The van der Waals surface area contributed by atoms with E-state index < -0.39 is 0 Å². The summed E-state index contributed by atoms with van der Waals surface area (Å²) in [6, 6.07) is 21.0. The van der Waals surface area contributed by atoms with E-state index >= 15 is 0 Å². The summed E-state index contributed by atoms with van der Waals surface area (Å²) in [7, 11) is 0. The molecule has 136 valence electrons. The van der Waals surface area contributed by atoms with Crippen molar-refractivity contribution in [2.24, 2.45) is 0 Å². The summed E-state index contributed by atoms with van der Waals surface area (Å²) < 4.78 is 8.22. The van der Waals surface area contributed by atoms with Gasteiger partial charge < -0.3 is 9.30 Å². The molecule has 1 saturated heterocycles. The van der Waals surface area contributed by atoms with Gasteiger partial charge in [-0.2, -0.15) is 0 Å². The Morgan fingerprint density at radius 3 is 2.85 bits per heavy atom. The van der Waals surface area contributed by atoms with Crippen molar-refractivity contribution in [3.8, 4) is 0 Å². The third-order valence-electron chi connectivity index (χ3n) is 5.43.